The third-order valence-corrected chi connectivity index (χ3v) is 2.56. The van der Waals surface area contributed by atoms with Crippen LogP contribution < -0.4 is 20.1 Å². The molecule has 1 rings (SSSR count). The second-order valence-corrected chi connectivity index (χ2v) is 3.80. The monoisotopic (exact) mass is 252 g/mol. The highest BCUT2D eigenvalue weighted by Gasteiger charge is 2.12. The Bertz CT molecular complexity index is 407. The molecule has 100 valence electrons. The van der Waals surface area contributed by atoms with Crippen LogP contribution in [-0.4, -0.2) is 32.7 Å². The Hall–Kier alpha value is -1.75. The summed E-state index contributed by atoms with van der Waals surface area (Å²) in [5.74, 6) is 1.18. The number of carbonyl (C=O) groups excluding carboxylic acids is 1. The van der Waals surface area contributed by atoms with Crippen molar-refractivity contribution in [1.82, 2.24) is 5.32 Å². The summed E-state index contributed by atoms with van der Waals surface area (Å²) < 4.78 is 10.6. The van der Waals surface area contributed by atoms with E-state index in [1.54, 1.807) is 39.3 Å². The standard InChI is InChI=1S/C13H20N2O3/c1-5-18-12-8-10(6-7-11(12)17-4)15-13(16)9(2)14-3/h6-9,14H,5H2,1-4H3,(H,15,16). The summed E-state index contributed by atoms with van der Waals surface area (Å²) in [4.78, 5) is 11.7. The van der Waals surface area contributed by atoms with Gasteiger partial charge in [0.2, 0.25) is 5.91 Å². The van der Waals surface area contributed by atoms with Gasteiger partial charge in [0, 0.05) is 11.8 Å². The number of methoxy groups -OCH3 is 1. The number of amides is 1. The molecule has 0 aliphatic rings. The number of ether oxygens (including phenoxy) is 2. The predicted octanol–water partition coefficient (Wildman–Crippen LogP) is 1.64. The molecule has 0 heterocycles. The largest absolute Gasteiger partial charge is 0.493 e. The highest BCUT2D eigenvalue weighted by atomic mass is 16.5. The highest BCUT2D eigenvalue weighted by molar-refractivity contribution is 5.94. The van der Waals surface area contributed by atoms with Crippen molar-refractivity contribution < 1.29 is 14.3 Å². The van der Waals surface area contributed by atoms with E-state index in [4.69, 9.17) is 9.47 Å². The second kappa shape index (κ2) is 6.86. The van der Waals surface area contributed by atoms with Crippen LogP contribution in [0.3, 0.4) is 0 Å². The SMILES string of the molecule is CCOc1cc(NC(=O)C(C)NC)ccc1OC. The molecule has 0 saturated carbocycles. The molecule has 1 atom stereocenters. The summed E-state index contributed by atoms with van der Waals surface area (Å²) in [5.41, 5.74) is 0.686. The first-order chi connectivity index (χ1) is 8.62. The summed E-state index contributed by atoms with van der Waals surface area (Å²) in [6.45, 7) is 4.23. The maximum absolute atomic E-state index is 11.7. The molecule has 0 aliphatic heterocycles. The molecule has 1 unspecified atom stereocenters. The van der Waals surface area contributed by atoms with Gasteiger partial charge >= 0.3 is 0 Å². The average Bonchev–Trinajstić information content (AvgIpc) is 2.38. The zero-order chi connectivity index (χ0) is 13.5. The molecule has 1 aromatic carbocycles. The van der Waals surface area contributed by atoms with Crippen LogP contribution in [0.25, 0.3) is 0 Å². The quantitative estimate of drug-likeness (QED) is 0.808. The lowest BCUT2D eigenvalue weighted by atomic mass is 10.2. The van der Waals surface area contributed by atoms with Gasteiger partial charge in [-0.1, -0.05) is 0 Å². The van der Waals surface area contributed by atoms with Crippen molar-refractivity contribution in [3.8, 4) is 11.5 Å². The molecule has 0 spiro atoms. The fourth-order valence-corrected chi connectivity index (χ4v) is 1.40. The molecule has 0 aliphatic carbocycles. The van der Waals surface area contributed by atoms with Crippen LogP contribution in [0, 0.1) is 0 Å². The lowest BCUT2D eigenvalue weighted by molar-refractivity contribution is -0.117. The number of rotatable bonds is 6. The zero-order valence-corrected chi connectivity index (χ0v) is 11.2. The summed E-state index contributed by atoms with van der Waals surface area (Å²) in [5, 5.41) is 5.69. The van der Waals surface area contributed by atoms with Crippen LogP contribution in [-0.2, 0) is 4.79 Å². The van der Waals surface area contributed by atoms with Crippen LogP contribution in [0.4, 0.5) is 5.69 Å². The minimum absolute atomic E-state index is 0.0925. The first-order valence-electron chi connectivity index (χ1n) is 5.91. The van der Waals surface area contributed by atoms with E-state index < -0.39 is 0 Å². The van der Waals surface area contributed by atoms with Gasteiger partial charge < -0.3 is 20.1 Å². The van der Waals surface area contributed by atoms with Crippen molar-refractivity contribution in [2.24, 2.45) is 0 Å². The van der Waals surface area contributed by atoms with E-state index in [-0.39, 0.29) is 11.9 Å². The van der Waals surface area contributed by atoms with Crippen molar-refractivity contribution in [1.29, 1.82) is 0 Å². The Balaban J connectivity index is 2.84. The number of likely N-dealkylation sites (N-methyl/N-ethyl adjacent to an activating group) is 1. The number of anilines is 1. The molecular weight excluding hydrogens is 232 g/mol. The van der Waals surface area contributed by atoms with E-state index >= 15 is 0 Å². The first-order valence-corrected chi connectivity index (χ1v) is 5.91. The van der Waals surface area contributed by atoms with Crippen molar-refractivity contribution in [3.63, 3.8) is 0 Å². The molecule has 0 saturated heterocycles. The minimum atomic E-state index is -0.248. The van der Waals surface area contributed by atoms with Crippen molar-refractivity contribution in [2.45, 2.75) is 19.9 Å². The van der Waals surface area contributed by atoms with Crippen molar-refractivity contribution in [3.05, 3.63) is 18.2 Å². The molecular formula is C13H20N2O3. The van der Waals surface area contributed by atoms with Gasteiger partial charge in [-0.2, -0.15) is 0 Å². The first kappa shape index (κ1) is 14.3. The topological polar surface area (TPSA) is 59.6 Å². The number of hydrogen-bond donors (Lipinski definition) is 2. The van der Waals surface area contributed by atoms with E-state index in [1.807, 2.05) is 6.92 Å². The number of benzene rings is 1. The Labute approximate surface area is 107 Å². The second-order valence-electron chi connectivity index (χ2n) is 3.80. The molecule has 0 bridgehead atoms. The van der Waals surface area contributed by atoms with Gasteiger partial charge in [0.15, 0.2) is 11.5 Å². The average molecular weight is 252 g/mol. The summed E-state index contributed by atoms with van der Waals surface area (Å²) in [7, 11) is 3.32. The fraction of sp³-hybridized carbons (Fsp3) is 0.462. The third-order valence-electron chi connectivity index (χ3n) is 2.56. The van der Waals surface area contributed by atoms with E-state index in [1.165, 1.54) is 0 Å². The van der Waals surface area contributed by atoms with Crippen molar-refractivity contribution >= 4 is 11.6 Å². The molecule has 5 nitrogen and oxygen atoms in total. The van der Waals surface area contributed by atoms with E-state index in [0.717, 1.165) is 0 Å². The lowest BCUT2D eigenvalue weighted by Crippen LogP contribution is -2.35. The number of carbonyl (C=O) groups is 1. The molecule has 0 radical (unpaired) electrons. The predicted molar refractivity (Wildman–Crippen MR) is 71.3 cm³/mol. The summed E-state index contributed by atoms with van der Waals surface area (Å²) in [6, 6.07) is 5.05. The van der Waals surface area contributed by atoms with E-state index in [2.05, 4.69) is 10.6 Å². The number of hydrogen-bond acceptors (Lipinski definition) is 4. The smallest absolute Gasteiger partial charge is 0.241 e. The van der Waals surface area contributed by atoms with Gasteiger partial charge in [-0.25, -0.2) is 0 Å². The van der Waals surface area contributed by atoms with Gasteiger partial charge in [-0.15, -0.1) is 0 Å². The Morgan fingerprint density at radius 2 is 2.11 bits per heavy atom. The van der Waals surface area contributed by atoms with Crippen LogP contribution in [0.1, 0.15) is 13.8 Å². The Kier molecular flexibility index (Phi) is 5.45. The van der Waals surface area contributed by atoms with Gasteiger partial charge in [-0.3, -0.25) is 4.79 Å². The number of nitrogens with one attached hydrogen (secondary N) is 2. The Morgan fingerprint density at radius 1 is 1.39 bits per heavy atom. The van der Waals surface area contributed by atoms with Crippen LogP contribution in [0.15, 0.2) is 18.2 Å². The maximum atomic E-state index is 11.7. The molecule has 0 fully saturated rings. The Morgan fingerprint density at radius 3 is 2.67 bits per heavy atom. The molecule has 2 N–H and O–H groups in total. The van der Waals surface area contributed by atoms with Crippen molar-refractivity contribution in [2.75, 3.05) is 26.1 Å². The summed E-state index contributed by atoms with van der Waals surface area (Å²) >= 11 is 0. The van der Waals surface area contributed by atoms with Crippen LogP contribution in [0.5, 0.6) is 11.5 Å². The normalized spacial score (nSPS) is 11.8. The highest BCUT2D eigenvalue weighted by Crippen LogP contribution is 2.30. The maximum Gasteiger partial charge on any atom is 0.241 e. The zero-order valence-electron chi connectivity index (χ0n) is 11.2. The molecule has 5 heteroatoms. The van der Waals surface area contributed by atoms with Gasteiger partial charge in [-0.05, 0) is 33.0 Å². The minimum Gasteiger partial charge on any atom is -0.493 e. The van der Waals surface area contributed by atoms with Gasteiger partial charge in [0.05, 0.1) is 19.8 Å². The van der Waals surface area contributed by atoms with E-state index in [9.17, 15) is 4.79 Å². The fourth-order valence-electron chi connectivity index (χ4n) is 1.40. The molecule has 1 amide bonds. The molecule has 1 aromatic rings. The van der Waals surface area contributed by atoms with Gasteiger partial charge in [0.1, 0.15) is 0 Å². The van der Waals surface area contributed by atoms with Crippen LogP contribution >= 0.6 is 0 Å². The molecule has 0 aromatic heterocycles. The van der Waals surface area contributed by atoms with Gasteiger partial charge in [0.25, 0.3) is 0 Å². The third kappa shape index (κ3) is 3.63. The van der Waals surface area contributed by atoms with E-state index in [0.29, 0.717) is 23.8 Å². The lowest BCUT2D eigenvalue weighted by Gasteiger charge is -2.14. The summed E-state index contributed by atoms with van der Waals surface area (Å²) in [6.07, 6.45) is 0. The molecule has 18 heavy (non-hydrogen) atoms. The van der Waals surface area contributed by atoms with Crippen LogP contribution in [0.2, 0.25) is 0 Å².